The largest absolute Gasteiger partial charge is 0.478 e. The molecule has 0 aromatic rings. The van der Waals surface area contributed by atoms with Crippen molar-refractivity contribution < 1.29 is 19.4 Å². The number of hydrogen-bond donors (Lipinski definition) is 1. The Morgan fingerprint density at radius 3 is 2.71 bits per heavy atom. The summed E-state index contributed by atoms with van der Waals surface area (Å²) in [6.45, 7) is 7.36. The van der Waals surface area contributed by atoms with Crippen LogP contribution < -0.4 is 0 Å². The summed E-state index contributed by atoms with van der Waals surface area (Å²) in [5, 5.41) is 9.69. The smallest absolute Gasteiger partial charge is 0.331 e. The van der Waals surface area contributed by atoms with Gasteiger partial charge >= 0.3 is 11.9 Å². The zero-order chi connectivity index (χ0) is 17.5. The number of carboxylic acids is 1. The van der Waals surface area contributed by atoms with Gasteiger partial charge in [0, 0.05) is 11.0 Å². The molecule has 1 saturated carbocycles. The van der Waals surface area contributed by atoms with Crippen LogP contribution in [0.4, 0.5) is 0 Å². The SMILES string of the molecule is CC1CCC2(C)C(C(=O)O)=CCCC2C1(C)CCC1CCOC1=O. The maximum atomic E-state index is 11.8. The van der Waals surface area contributed by atoms with E-state index in [9.17, 15) is 14.7 Å². The highest BCUT2D eigenvalue weighted by atomic mass is 16.5. The van der Waals surface area contributed by atoms with Crippen LogP contribution >= 0.6 is 0 Å². The second kappa shape index (κ2) is 6.20. The van der Waals surface area contributed by atoms with Crippen LogP contribution in [0.2, 0.25) is 0 Å². The van der Waals surface area contributed by atoms with Crippen LogP contribution in [-0.2, 0) is 14.3 Å². The maximum Gasteiger partial charge on any atom is 0.331 e. The Labute approximate surface area is 144 Å². The minimum absolute atomic E-state index is 0.0419. The van der Waals surface area contributed by atoms with Gasteiger partial charge in [-0.15, -0.1) is 0 Å². The molecule has 1 N–H and O–H groups in total. The first-order valence-electron chi connectivity index (χ1n) is 9.39. The molecule has 3 aliphatic rings. The quantitative estimate of drug-likeness (QED) is 0.783. The molecule has 1 saturated heterocycles. The number of carboxylic acid groups (broad SMARTS) is 1. The summed E-state index contributed by atoms with van der Waals surface area (Å²) in [6, 6.07) is 0. The molecule has 0 radical (unpaired) electrons. The molecule has 4 heteroatoms. The van der Waals surface area contributed by atoms with Gasteiger partial charge in [0.2, 0.25) is 0 Å². The van der Waals surface area contributed by atoms with Gasteiger partial charge in [-0.2, -0.15) is 0 Å². The highest BCUT2D eigenvalue weighted by Gasteiger charge is 2.55. The zero-order valence-electron chi connectivity index (χ0n) is 15.1. The minimum Gasteiger partial charge on any atom is -0.478 e. The Morgan fingerprint density at radius 1 is 1.33 bits per heavy atom. The van der Waals surface area contributed by atoms with Crippen molar-refractivity contribution in [3.63, 3.8) is 0 Å². The predicted molar refractivity (Wildman–Crippen MR) is 91.4 cm³/mol. The van der Waals surface area contributed by atoms with Crippen molar-refractivity contribution in [1.82, 2.24) is 0 Å². The predicted octanol–water partition coefficient (Wildman–Crippen LogP) is 4.19. The second-order valence-corrected chi connectivity index (χ2v) is 8.61. The van der Waals surface area contributed by atoms with Crippen molar-refractivity contribution in [2.45, 2.75) is 65.7 Å². The third kappa shape index (κ3) is 2.68. The molecule has 2 fully saturated rings. The molecule has 0 aromatic heterocycles. The fraction of sp³-hybridized carbons (Fsp3) is 0.800. The topological polar surface area (TPSA) is 63.6 Å². The number of ether oxygens (including phenoxy) is 1. The van der Waals surface area contributed by atoms with Crippen molar-refractivity contribution in [3.05, 3.63) is 11.6 Å². The average molecular weight is 334 g/mol. The molecule has 1 heterocycles. The van der Waals surface area contributed by atoms with E-state index in [0.717, 1.165) is 44.9 Å². The van der Waals surface area contributed by atoms with Crippen LogP contribution in [0.1, 0.15) is 65.7 Å². The van der Waals surface area contributed by atoms with Crippen LogP contribution in [0.25, 0.3) is 0 Å². The standard InChI is InChI=1S/C20H30O4/c1-13-7-10-20(3)15(17(21)22)5-4-6-16(20)19(13,2)11-8-14-9-12-24-18(14)23/h5,13-14,16H,4,6-12H2,1-3H3,(H,21,22). The van der Waals surface area contributed by atoms with Gasteiger partial charge in [-0.25, -0.2) is 4.79 Å². The van der Waals surface area contributed by atoms with E-state index in [0.29, 0.717) is 24.0 Å². The number of cyclic esters (lactones) is 1. The van der Waals surface area contributed by atoms with Gasteiger partial charge in [-0.05, 0) is 62.2 Å². The number of carbonyl (C=O) groups excluding carboxylic acids is 1. The average Bonchev–Trinajstić information content (AvgIpc) is 2.94. The lowest BCUT2D eigenvalue weighted by Crippen LogP contribution is -2.51. The lowest BCUT2D eigenvalue weighted by atomic mass is 9.46. The number of rotatable bonds is 4. The van der Waals surface area contributed by atoms with Crippen molar-refractivity contribution in [3.8, 4) is 0 Å². The molecule has 134 valence electrons. The van der Waals surface area contributed by atoms with E-state index in [1.165, 1.54) is 0 Å². The number of fused-ring (bicyclic) bond motifs is 1. The van der Waals surface area contributed by atoms with Gasteiger partial charge in [0.15, 0.2) is 0 Å². The van der Waals surface area contributed by atoms with Crippen molar-refractivity contribution in [2.24, 2.45) is 28.6 Å². The van der Waals surface area contributed by atoms with Gasteiger partial charge in [0.05, 0.1) is 12.5 Å². The highest BCUT2D eigenvalue weighted by Crippen LogP contribution is 2.62. The van der Waals surface area contributed by atoms with Crippen LogP contribution in [0.15, 0.2) is 11.6 Å². The number of carbonyl (C=O) groups is 2. The number of aliphatic carboxylic acids is 1. The van der Waals surface area contributed by atoms with Crippen LogP contribution in [-0.4, -0.2) is 23.7 Å². The van der Waals surface area contributed by atoms with E-state index < -0.39 is 5.97 Å². The van der Waals surface area contributed by atoms with Crippen LogP contribution in [0.5, 0.6) is 0 Å². The molecule has 0 bridgehead atoms. The first kappa shape index (κ1) is 17.5. The molecule has 0 aromatic carbocycles. The molecule has 0 spiro atoms. The van der Waals surface area contributed by atoms with Crippen LogP contribution in [0.3, 0.4) is 0 Å². The first-order valence-corrected chi connectivity index (χ1v) is 9.39. The van der Waals surface area contributed by atoms with Gasteiger partial charge in [0.25, 0.3) is 0 Å². The number of hydrogen-bond acceptors (Lipinski definition) is 3. The van der Waals surface area contributed by atoms with Crippen LogP contribution in [0, 0.1) is 28.6 Å². The van der Waals surface area contributed by atoms with E-state index in [4.69, 9.17) is 4.74 Å². The maximum absolute atomic E-state index is 11.8. The molecule has 4 nitrogen and oxygen atoms in total. The minimum atomic E-state index is -0.751. The Balaban J connectivity index is 1.84. The summed E-state index contributed by atoms with van der Waals surface area (Å²) in [5.74, 6) is 0.182. The van der Waals surface area contributed by atoms with Gasteiger partial charge < -0.3 is 9.84 Å². The summed E-state index contributed by atoms with van der Waals surface area (Å²) < 4.78 is 5.11. The number of esters is 1. The summed E-state index contributed by atoms with van der Waals surface area (Å²) >= 11 is 0. The summed E-state index contributed by atoms with van der Waals surface area (Å²) in [6.07, 6.45) is 8.58. The Hall–Kier alpha value is -1.32. The first-order chi connectivity index (χ1) is 11.3. The Bertz CT molecular complexity index is 566. The van der Waals surface area contributed by atoms with Gasteiger partial charge in [0.1, 0.15) is 0 Å². The van der Waals surface area contributed by atoms with E-state index in [1.54, 1.807) is 0 Å². The van der Waals surface area contributed by atoms with Gasteiger partial charge in [-0.1, -0.05) is 26.8 Å². The Morgan fingerprint density at radius 2 is 2.08 bits per heavy atom. The molecule has 0 amide bonds. The zero-order valence-corrected chi connectivity index (χ0v) is 15.1. The van der Waals surface area contributed by atoms with Crippen molar-refractivity contribution in [2.75, 3.05) is 6.61 Å². The third-order valence-corrected chi connectivity index (χ3v) is 7.51. The van der Waals surface area contributed by atoms with E-state index in [2.05, 4.69) is 20.8 Å². The fourth-order valence-corrected chi connectivity index (χ4v) is 5.73. The molecule has 5 atom stereocenters. The lowest BCUT2D eigenvalue weighted by Gasteiger charge is -2.57. The normalized spacial score (nSPS) is 42.2. The van der Waals surface area contributed by atoms with Crippen molar-refractivity contribution >= 4 is 11.9 Å². The fourth-order valence-electron chi connectivity index (χ4n) is 5.73. The molecule has 3 rings (SSSR count). The number of allylic oxidation sites excluding steroid dienone is 1. The molecular formula is C20H30O4. The molecule has 24 heavy (non-hydrogen) atoms. The van der Waals surface area contributed by atoms with E-state index in [1.807, 2.05) is 6.08 Å². The second-order valence-electron chi connectivity index (χ2n) is 8.61. The van der Waals surface area contributed by atoms with E-state index in [-0.39, 0.29) is 22.7 Å². The summed E-state index contributed by atoms with van der Waals surface area (Å²) in [4.78, 5) is 23.6. The van der Waals surface area contributed by atoms with E-state index >= 15 is 0 Å². The lowest BCUT2D eigenvalue weighted by molar-refractivity contribution is -0.141. The van der Waals surface area contributed by atoms with Gasteiger partial charge in [-0.3, -0.25) is 4.79 Å². The van der Waals surface area contributed by atoms with Crippen molar-refractivity contribution in [1.29, 1.82) is 0 Å². The highest BCUT2D eigenvalue weighted by molar-refractivity contribution is 5.88. The molecule has 5 unspecified atom stereocenters. The molecule has 1 aliphatic heterocycles. The monoisotopic (exact) mass is 334 g/mol. The molecular weight excluding hydrogens is 304 g/mol. The summed E-state index contributed by atoms with van der Waals surface area (Å²) in [7, 11) is 0. The molecule has 2 aliphatic carbocycles. The Kier molecular flexibility index (Phi) is 4.52. The summed E-state index contributed by atoms with van der Waals surface area (Å²) in [5.41, 5.74) is 0.476. The third-order valence-electron chi connectivity index (χ3n) is 7.51.